The highest BCUT2D eigenvalue weighted by Gasteiger charge is 2.21. The third-order valence-corrected chi connectivity index (χ3v) is 5.87. The average Bonchev–Trinajstić information content (AvgIpc) is 2.98. The van der Waals surface area contributed by atoms with Gasteiger partial charge in [-0.15, -0.1) is 11.3 Å². The average molecular weight is 343 g/mol. The maximum atomic E-state index is 12.3. The Kier molecular flexibility index (Phi) is 3.97. The molecule has 4 rings (SSSR count). The molecule has 3 aromatic rings. The van der Waals surface area contributed by atoms with E-state index < -0.39 is 0 Å². The zero-order valence-corrected chi connectivity index (χ0v) is 14.5. The van der Waals surface area contributed by atoms with Crippen LogP contribution in [0.4, 0.5) is 0 Å². The van der Waals surface area contributed by atoms with Gasteiger partial charge in [0.2, 0.25) is 0 Å². The van der Waals surface area contributed by atoms with Crippen LogP contribution in [-0.4, -0.2) is 27.7 Å². The van der Waals surface area contributed by atoms with Crippen molar-refractivity contribution >= 4 is 33.2 Å². The normalized spacial score (nSPS) is 15.0. The standard InChI is InChI=1S/C17H17N3OS2/c1-22-17-18-14-6-7-20(9-13(14)16(21)19-17)8-11-10-23-15-5-3-2-4-12(11)15/h2-5,10H,6-9H2,1H3,(H,18,19,21). The number of hydrogen-bond donors (Lipinski definition) is 1. The Morgan fingerprint density at radius 3 is 3.13 bits per heavy atom. The van der Waals surface area contributed by atoms with Crippen molar-refractivity contribution in [3.8, 4) is 0 Å². The Labute approximate surface area is 142 Å². The topological polar surface area (TPSA) is 49.0 Å². The number of benzene rings is 1. The smallest absolute Gasteiger partial charge is 0.256 e. The van der Waals surface area contributed by atoms with E-state index in [9.17, 15) is 4.79 Å². The van der Waals surface area contributed by atoms with Gasteiger partial charge in [-0.3, -0.25) is 9.69 Å². The molecule has 1 aliphatic rings. The van der Waals surface area contributed by atoms with E-state index in [0.717, 1.165) is 30.8 Å². The summed E-state index contributed by atoms with van der Waals surface area (Å²) in [6, 6.07) is 8.50. The fourth-order valence-electron chi connectivity index (χ4n) is 3.09. The van der Waals surface area contributed by atoms with Gasteiger partial charge >= 0.3 is 0 Å². The van der Waals surface area contributed by atoms with Gasteiger partial charge in [-0.2, -0.15) is 0 Å². The Balaban J connectivity index is 1.60. The number of aromatic nitrogens is 2. The first-order chi connectivity index (χ1) is 11.2. The van der Waals surface area contributed by atoms with Crippen LogP contribution in [0.15, 0.2) is 39.6 Å². The van der Waals surface area contributed by atoms with E-state index in [0.29, 0.717) is 11.7 Å². The molecule has 118 valence electrons. The number of thioether (sulfide) groups is 1. The van der Waals surface area contributed by atoms with Crippen molar-refractivity contribution in [3.63, 3.8) is 0 Å². The molecule has 0 fully saturated rings. The van der Waals surface area contributed by atoms with E-state index in [2.05, 4.69) is 44.5 Å². The summed E-state index contributed by atoms with van der Waals surface area (Å²) >= 11 is 3.27. The molecule has 1 N–H and O–H groups in total. The maximum Gasteiger partial charge on any atom is 0.256 e. The zero-order chi connectivity index (χ0) is 15.8. The fraction of sp³-hybridized carbons (Fsp3) is 0.294. The SMILES string of the molecule is CSc1nc2c(c(=O)[nH]1)CN(Cc1csc3ccccc13)CC2. The number of rotatable bonds is 3. The summed E-state index contributed by atoms with van der Waals surface area (Å²) in [4.78, 5) is 22.0. The molecule has 23 heavy (non-hydrogen) atoms. The lowest BCUT2D eigenvalue weighted by molar-refractivity contribution is 0.242. The Morgan fingerprint density at radius 1 is 1.39 bits per heavy atom. The van der Waals surface area contributed by atoms with Crippen molar-refractivity contribution in [1.29, 1.82) is 0 Å². The third-order valence-electron chi connectivity index (χ3n) is 4.27. The monoisotopic (exact) mass is 343 g/mol. The van der Waals surface area contributed by atoms with Crippen LogP contribution < -0.4 is 5.56 Å². The van der Waals surface area contributed by atoms with Crippen LogP contribution in [0.5, 0.6) is 0 Å². The van der Waals surface area contributed by atoms with Crippen LogP contribution in [0.1, 0.15) is 16.8 Å². The van der Waals surface area contributed by atoms with E-state index in [1.54, 1.807) is 11.3 Å². The van der Waals surface area contributed by atoms with Crippen LogP contribution in [0.25, 0.3) is 10.1 Å². The summed E-state index contributed by atoms with van der Waals surface area (Å²) in [6.45, 7) is 2.51. The summed E-state index contributed by atoms with van der Waals surface area (Å²) in [7, 11) is 0. The van der Waals surface area contributed by atoms with Gasteiger partial charge in [-0.25, -0.2) is 4.98 Å². The summed E-state index contributed by atoms with van der Waals surface area (Å²) in [5.74, 6) is 0. The maximum absolute atomic E-state index is 12.3. The molecule has 2 aromatic heterocycles. The van der Waals surface area contributed by atoms with Gasteiger partial charge in [0.05, 0.1) is 11.3 Å². The Bertz CT molecular complexity index is 916. The van der Waals surface area contributed by atoms with Gasteiger partial charge in [0.1, 0.15) is 0 Å². The number of fused-ring (bicyclic) bond motifs is 2. The summed E-state index contributed by atoms with van der Waals surface area (Å²) in [5.41, 5.74) is 3.15. The first-order valence-corrected chi connectivity index (χ1v) is 9.68. The van der Waals surface area contributed by atoms with E-state index in [1.165, 1.54) is 27.4 Å². The van der Waals surface area contributed by atoms with Crippen LogP contribution in [0.3, 0.4) is 0 Å². The second-order valence-electron chi connectivity index (χ2n) is 5.72. The van der Waals surface area contributed by atoms with Gasteiger partial charge in [-0.1, -0.05) is 30.0 Å². The number of nitrogens with zero attached hydrogens (tertiary/aromatic N) is 2. The van der Waals surface area contributed by atoms with Crippen LogP contribution in [-0.2, 0) is 19.5 Å². The molecule has 0 atom stereocenters. The van der Waals surface area contributed by atoms with Gasteiger partial charge in [0.25, 0.3) is 5.56 Å². The Hall–Kier alpha value is -1.63. The lowest BCUT2D eigenvalue weighted by Gasteiger charge is -2.27. The van der Waals surface area contributed by atoms with Gasteiger partial charge in [0, 0.05) is 30.8 Å². The first-order valence-electron chi connectivity index (χ1n) is 7.58. The molecule has 0 saturated heterocycles. The molecule has 3 heterocycles. The van der Waals surface area contributed by atoms with Gasteiger partial charge in [0.15, 0.2) is 5.16 Å². The zero-order valence-electron chi connectivity index (χ0n) is 12.8. The minimum absolute atomic E-state index is 0.0132. The summed E-state index contributed by atoms with van der Waals surface area (Å²) in [5, 5.41) is 4.28. The molecule has 0 unspecified atom stereocenters. The summed E-state index contributed by atoms with van der Waals surface area (Å²) in [6.07, 6.45) is 2.77. The van der Waals surface area contributed by atoms with Crippen molar-refractivity contribution in [2.75, 3.05) is 12.8 Å². The highest BCUT2D eigenvalue weighted by molar-refractivity contribution is 7.98. The summed E-state index contributed by atoms with van der Waals surface area (Å²) < 4.78 is 1.32. The van der Waals surface area contributed by atoms with Crippen molar-refractivity contribution in [2.24, 2.45) is 0 Å². The molecule has 1 aromatic carbocycles. The lowest BCUT2D eigenvalue weighted by Crippen LogP contribution is -2.35. The molecular formula is C17H17N3OS2. The number of thiophene rings is 1. The Morgan fingerprint density at radius 2 is 2.26 bits per heavy atom. The van der Waals surface area contributed by atoms with Crippen molar-refractivity contribution in [2.45, 2.75) is 24.7 Å². The molecule has 0 aliphatic carbocycles. The molecule has 0 bridgehead atoms. The van der Waals surface area contributed by atoms with Crippen LogP contribution in [0.2, 0.25) is 0 Å². The van der Waals surface area contributed by atoms with Crippen LogP contribution >= 0.6 is 23.1 Å². The first kappa shape index (κ1) is 14.9. The van der Waals surface area contributed by atoms with Crippen LogP contribution in [0, 0.1) is 0 Å². The minimum atomic E-state index is 0.0132. The molecular weight excluding hydrogens is 326 g/mol. The molecule has 1 aliphatic heterocycles. The minimum Gasteiger partial charge on any atom is -0.301 e. The quantitative estimate of drug-likeness (QED) is 0.586. The van der Waals surface area contributed by atoms with E-state index >= 15 is 0 Å². The molecule has 6 heteroatoms. The van der Waals surface area contributed by atoms with E-state index in [4.69, 9.17) is 0 Å². The second-order valence-corrected chi connectivity index (χ2v) is 7.42. The largest absolute Gasteiger partial charge is 0.301 e. The molecule has 0 amide bonds. The highest BCUT2D eigenvalue weighted by atomic mass is 32.2. The van der Waals surface area contributed by atoms with Gasteiger partial charge in [-0.05, 0) is 28.7 Å². The lowest BCUT2D eigenvalue weighted by atomic mass is 10.1. The predicted molar refractivity (Wildman–Crippen MR) is 96.3 cm³/mol. The van der Waals surface area contributed by atoms with Crippen molar-refractivity contribution in [1.82, 2.24) is 14.9 Å². The second kappa shape index (κ2) is 6.11. The molecule has 4 nitrogen and oxygen atoms in total. The molecule has 0 spiro atoms. The fourth-order valence-corrected chi connectivity index (χ4v) is 4.44. The number of H-pyrrole nitrogens is 1. The number of nitrogens with one attached hydrogen (secondary N) is 1. The highest BCUT2D eigenvalue weighted by Crippen LogP contribution is 2.28. The van der Waals surface area contributed by atoms with Crippen molar-refractivity contribution in [3.05, 3.63) is 56.8 Å². The third kappa shape index (κ3) is 2.82. The predicted octanol–water partition coefficient (Wildman–Crippen LogP) is 3.26. The molecule has 0 saturated carbocycles. The molecule has 0 radical (unpaired) electrons. The number of hydrogen-bond acceptors (Lipinski definition) is 5. The van der Waals surface area contributed by atoms with Crippen molar-refractivity contribution < 1.29 is 0 Å². The number of aromatic amines is 1. The van der Waals surface area contributed by atoms with Gasteiger partial charge < -0.3 is 4.98 Å². The van der Waals surface area contributed by atoms with E-state index in [-0.39, 0.29) is 5.56 Å². The van der Waals surface area contributed by atoms with E-state index in [1.807, 2.05) is 6.26 Å².